The van der Waals surface area contributed by atoms with Gasteiger partial charge >= 0.3 is 5.95 Å². The zero-order valence-corrected chi connectivity index (χ0v) is 6.89. The Bertz CT molecular complexity index is 261. The summed E-state index contributed by atoms with van der Waals surface area (Å²) in [5.41, 5.74) is 0. The van der Waals surface area contributed by atoms with Crippen LogP contribution in [0.4, 0.5) is 5.95 Å². The summed E-state index contributed by atoms with van der Waals surface area (Å²) in [4.78, 5) is 4.29. The van der Waals surface area contributed by atoms with Gasteiger partial charge in [-0.05, 0) is 12.8 Å². The van der Waals surface area contributed by atoms with E-state index in [0.717, 1.165) is 11.8 Å². The highest BCUT2D eigenvalue weighted by Gasteiger charge is 2.28. The standard InChI is InChI=1S/C7H12N4/c1-5-8-7(11(2)10-5)9-6-3-4-6/h6H,3-4H2,1-2H3,(H,8,9,10)/p+1. The highest BCUT2D eigenvalue weighted by molar-refractivity contribution is 5.21. The average molecular weight is 153 g/mol. The Morgan fingerprint density at radius 1 is 1.64 bits per heavy atom. The summed E-state index contributed by atoms with van der Waals surface area (Å²) >= 11 is 0. The third kappa shape index (κ3) is 1.34. The van der Waals surface area contributed by atoms with Gasteiger partial charge in [0.2, 0.25) is 5.82 Å². The number of aryl methyl sites for hydroxylation is 2. The smallest absolute Gasteiger partial charge is 0.270 e. The number of rotatable bonds is 2. The monoisotopic (exact) mass is 153 g/mol. The molecule has 1 aromatic heterocycles. The third-order valence-electron chi connectivity index (χ3n) is 1.83. The van der Waals surface area contributed by atoms with Crippen molar-refractivity contribution in [2.75, 3.05) is 5.32 Å². The Hall–Kier alpha value is -1.06. The van der Waals surface area contributed by atoms with E-state index in [0.29, 0.717) is 6.04 Å². The normalized spacial score (nSPS) is 16.9. The highest BCUT2D eigenvalue weighted by atomic mass is 15.4. The zero-order chi connectivity index (χ0) is 7.84. The van der Waals surface area contributed by atoms with Crippen LogP contribution in [0.15, 0.2) is 0 Å². The van der Waals surface area contributed by atoms with Gasteiger partial charge in [-0.3, -0.25) is 5.32 Å². The van der Waals surface area contributed by atoms with E-state index in [9.17, 15) is 0 Å². The fourth-order valence-corrected chi connectivity index (χ4v) is 1.09. The molecule has 0 amide bonds. The minimum Gasteiger partial charge on any atom is -0.270 e. The molecule has 4 nitrogen and oxygen atoms in total. The van der Waals surface area contributed by atoms with Gasteiger partial charge in [0.1, 0.15) is 0 Å². The van der Waals surface area contributed by atoms with E-state index < -0.39 is 0 Å². The first-order valence-electron chi connectivity index (χ1n) is 3.95. The van der Waals surface area contributed by atoms with E-state index in [4.69, 9.17) is 0 Å². The van der Waals surface area contributed by atoms with Gasteiger partial charge < -0.3 is 0 Å². The zero-order valence-electron chi connectivity index (χ0n) is 6.89. The van der Waals surface area contributed by atoms with Crippen molar-refractivity contribution in [1.82, 2.24) is 10.1 Å². The van der Waals surface area contributed by atoms with Crippen molar-refractivity contribution >= 4 is 5.95 Å². The van der Waals surface area contributed by atoms with Crippen LogP contribution >= 0.6 is 0 Å². The fourth-order valence-electron chi connectivity index (χ4n) is 1.09. The molecule has 1 aliphatic carbocycles. The largest absolute Gasteiger partial charge is 0.411 e. The summed E-state index contributed by atoms with van der Waals surface area (Å²) in [7, 11) is 1.96. The fraction of sp³-hybridized carbons (Fsp3) is 0.714. The molecule has 1 aromatic rings. The minimum atomic E-state index is 0.670. The molecule has 0 atom stereocenters. The van der Waals surface area contributed by atoms with Crippen LogP contribution in [-0.2, 0) is 7.05 Å². The lowest BCUT2D eigenvalue weighted by atomic mass is 10.7. The summed E-state index contributed by atoms with van der Waals surface area (Å²) < 4.78 is 1.91. The molecule has 11 heavy (non-hydrogen) atoms. The van der Waals surface area contributed by atoms with Gasteiger partial charge in [-0.25, -0.2) is 5.10 Å². The molecule has 1 heterocycles. The topological polar surface area (TPSA) is 44.6 Å². The summed E-state index contributed by atoms with van der Waals surface area (Å²) in [5.74, 6) is 1.90. The number of hydrogen-bond donors (Lipinski definition) is 2. The molecule has 1 fully saturated rings. The molecule has 0 unspecified atom stereocenters. The Balaban J connectivity index is 2.14. The lowest BCUT2D eigenvalue weighted by Crippen LogP contribution is -2.34. The first-order chi connectivity index (χ1) is 5.25. The van der Waals surface area contributed by atoms with Crippen LogP contribution in [0.3, 0.4) is 0 Å². The molecule has 2 N–H and O–H groups in total. The number of nitrogens with zero attached hydrogens (tertiary/aromatic N) is 2. The van der Waals surface area contributed by atoms with Gasteiger partial charge in [0.15, 0.2) is 0 Å². The molecule has 60 valence electrons. The lowest BCUT2D eigenvalue weighted by molar-refractivity contribution is -0.714. The lowest BCUT2D eigenvalue weighted by Gasteiger charge is -1.90. The molecular formula is C7H13N4+. The maximum atomic E-state index is 4.29. The third-order valence-corrected chi connectivity index (χ3v) is 1.83. The van der Waals surface area contributed by atoms with Crippen LogP contribution in [0.5, 0.6) is 0 Å². The molecule has 0 saturated heterocycles. The van der Waals surface area contributed by atoms with E-state index >= 15 is 0 Å². The Labute approximate surface area is 65.6 Å². The molecule has 0 aromatic carbocycles. The van der Waals surface area contributed by atoms with Gasteiger partial charge in [-0.1, -0.05) is 4.98 Å². The van der Waals surface area contributed by atoms with Gasteiger partial charge in [0.25, 0.3) is 0 Å². The van der Waals surface area contributed by atoms with E-state index in [1.165, 1.54) is 12.8 Å². The Morgan fingerprint density at radius 3 is 2.82 bits per heavy atom. The van der Waals surface area contributed by atoms with Gasteiger partial charge in [-0.15, -0.1) is 0 Å². The van der Waals surface area contributed by atoms with Crippen LogP contribution in [0, 0.1) is 6.92 Å². The highest BCUT2D eigenvalue weighted by Crippen LogP contribution is 2.22. The van der Waals surface area contributed by atoms with Gasteiger partial charge in [0.05, 0.1) is 13.1 Å². The second kappa shape index (κ2) is 2.22. The first kappa shape index (κ1) is 6.64. The minimum absolute atomic E-state index is 0.670. The average Bonchev–Trinajstić information content (AvgIpc) is 2.64. The van der Waals surface area contributed by atoms with E-state index in [1.807, 2.05) is 18.7 Å². The molecule has 0 spiro atoms. The van der Waals surface area contributed by atoms with Crippen molar-refractivity contribution < 1.29 is 4.68 Å². The summed E-state index contributed by atoms with van der Waals surface area (Å²) in [6.07, 6.45) is 2.57. The van der Waals surface area contributed by atoms with E-state index in [-0.39, 0.29) is 0 Å². The number of aromatic amines is 1. The van der Waals surface area contributed by atoms with Crippen LogP contribution in [0.2, 0.25) is 0 Å². The van der Waals surface area contributed by atoms with Crippen molar-refractivity contribution in [1.29, 1.82) is 0 Å². The van der Waals surface area contributed by atoms with Crippen molar-refractivity contribution in [2.45, 2.75) is 25.8 Å². The van der Waals surface area contributed by atoms with Crippen molar-refractivity contribution in [3.05, 3.63) is 5.82 Å². The predicted molar refractivity (Wildman–Crippen MR) is 41.1 cm³/mol. The number of H-pyrrole nitrogens is 1. The maximum absolute atomic E-state index is 4.29. The second-order valence-corrected chi connectivity index (χ2v) is 3.11. The SMILES string of the molecule is Cc1nc(NC2CC2)[n+](C)[nH]1. The van der Waals surface area contributed by atoms with Crippen LogP contribution in [0.25, 0.3) is 0 Å². The van der Waals surface area contributed by atoms with Crippen molar-refractivity contribution in [3.8, 4) is 0 Å². The maximum Gasteiger partial charge on any atom is 0.411 e. The van der Waals surface area contributed by atoms with E-state index in [2.05, 4.69) is 15.4 Å². The number of aromatic nitrogens is 3. The van der Waals surface area contributed by atoms with Crippen molar-refractivity contribution in [2.24, 2.45) is 7.05 Å². The van der Waals surface area contributed by atoms with Gasteiger partial charge in [-0.2, -0.15) is 4.68 Å². The number of nitrogens with one attached hydrogen (secondary N) is 2. The van der Waals surface area contributed by atoms with Crippen LogP contribution < -0.4 is 10.00 Å². The Kier molecular flexibility index (Phi) is 1.34. The van der Waals surface area contributed by atoms with Gasteiger partial charge in [0, 0.05) is 6.92 Å². The van der Waals surface area contributed by atoms with E-state index in [1.54, 1.807) is 0 Å². The predicted octanol–water partition coefficient (Wildman–Crippen LogP) is 0.117. The quantitative estimate of drug-likeness (QED) is 0.593. The molecule has 4 heteroatoms. The molecule has 1 saturated carbocycles. The molecule has 0 bridgehead atoms. The molecule has 1 aliphatic rings. The van der Waals surface area contributed by atoms with Crippen LogP contribution in [0.1, 0.15) is 18.7 Å². The first-order valence-corrected chi connectivity index (χ1v) is 3.95. The molecule has 0 radical (unpaired) electrons. The second-order valence-electron chi connectivity index (χ2n) is 3.11. The molecular weight excluding hydrogens is 140 g/mol. The van der Waals surface area contributed by atoms with Crippen LogP contribution in [-0.4, -0.2) is 16.1 Å². The number of anilines is 1. The molecule has 0 aliphatic heterocycles. The summed E-state index contributed by atoms with van der Waals surface area (Å²) in [6.45, 7) is 1.96. The summed E-state index contributed by atoms with van der Waals surface area (Å²) in [5, 5.41) is 6.41. The number of hydrogen-bond acceptors (Lipinski definition) is 2. The molecule has 2 rings (SSSR count). The summed E-state index contributed by atoms with van der Waals surface area (Å²) in [6, 6.07) is 0.670. The van der Waals surface area contributed by atoms with Crippen molar-refractivity contribution in [3.63, 3.8) is 0 Å². The Morgan fingerprint density at radius 2 is 2.36 bits per heavy atom.